The van der Waals surface area contributed by atoms with E-state index in [9.17, 15) is 14.7 Å². The number of para-hydroxylation sites is 1. The Morgan fingerprint density at radius 2 is 1.74 bits per heavy atom. The highest BCUT2D eigenvalue weighted by Gasteiger charge is 2.47. The van der Waals surface area contributed by atoms with Crippen molar-refractivity contribution in [1.82, 2.24) is 4.90 Å². The molecule has 164 valence electrons. The third kappa shape index (κ3) is 4.41. The highest BCUT2D eigenvalue weighted by Crippen LogP contribution is 2.45. The Kier molecular flexibility index (Phi) is 6.97. The van der Waals surface area contributed by atoms with Gasteiger partial charge in [-0.25, -0.2) is 0 Å². The third-order valence-electron chi connectivity index (χ3n) is 5.39. The van der Waals surface area contributed by atoms with Gasteiger partial charge in [0, 0.05) is 24.1 Å². The Bertz CT molecular complexity index is 985. The minimum atomic E-state index is -0.776. The summed E-state index contributed by atoms with van der Waals surface area (Å²) in [4.78, 5) is 28.9. The molecule has 0 bridgehead atoms. The maximum atomic E-state index is 13.1. The highest BCUT2D eigenvalue weighted by molar-refractivity contribution is 6.46. The summed E-state index contributed by atoms with van der Waals surface area (Å²) in [6.45, 7) is 1.22. The van der Waals surface area contributed by atoms with Gasteiger partial charge in [0.25, 0.3) is 11.7 Å². The molecule has 3 rings (SSSR count). The summed E-state index contributed by atoms with van der Waals surface area (Å²) in [6.07, 6.45) is 0.712. The lowest BCUT2D eigenvalue weighted by Crippen LogP contribution is -3.05. The molecule has 0 saturated carbocycles. The van der Waals surface area contributed by atoms with Crippen LogP contribution in [0.3, 0.4) is 0 Å². The standard InChI is InChI=1S/C24H28N2O5/c1-25(2)14-9-15-26-20(17-12-8-13-18(30-3)23(17)31-4)19(22(28)24(26)29)21(27)16-10-6-5-7-11-16/h5-8,10-13,20,27H,9,14-15H2,1-4H3/p+1/t20-/m1/s1. The van der Waals surface area contributed by atoms with Gasteiger partial charge in [0.15, 0.2) is 11.5 Å². The number of likely N-dealkylation sites (tertiary alicyclic amines) is 1. The third-order valence-corrected chi connectivity index (χ3v) is 5.39. The molecule has 2 aromatic carbocycles. The second-order valence-electron chi connectivity index (χ2n) is 7.75. The van der Waals surface area contributed by atoms with Crippen LogP contribution in [0, 0.1) is 0 Å². The van der Waals surface area contributed by atoms with Gasteiger partial charge in [-0.3, -0.25) is 9.59 Å². The molecule has 31 heavy (non-hydrogen) atoms. The molecule has 2 N–H and O–H groups in total. The molecule has 1 atom stereocenters. The molecule has 1 heterocycles. The van der Waals surface area contributed by atoms with Gasteiger partial charge >= 0.3 is 0 Å². The fourth-order valence-corrected chi connectivity index (χ4v) is 3.92. The van der Waals surface area contributed by atoms with Gasteiger partial charge in [0.2, 0.25) is 0 Å². The predicted molar refractivity (Wildman–Crippen MR) is 117 cm³/mol. The maximum absolute atomic E-state index is 13.1. The van der Waals surface area contributed by atoms with E-state index in [4.69, 9.17) is 9.47 Å². The first-order chi connectivity index (χ1) is 14.9. The van der Waals surface area contributed by atoms with E-state index in [0.29, 0.717) is 35.6 Å². The zero-order valence-electron chi connectivity index (χ0n) is 18.3. The number of rotatable bonds is 8. The molecular formula is C24H29N2O5+. The van der Waals surface area contributed by atoms with Crippen molar-refractivity contribution < 1.29 is 29.1 Å². The summed E-state index contributed by atoms with van der Waals surface area (Å²) in [5.41, 5.74) is 1.13. The molecule has 1 fully saturated rings. The van der Waals surface area contributed by atoms with E-state index < -0.39 is 17.7 Å². The van der Waals surface area contributed by atoms with Crippen molar-refractivity contribution in [3.63, 3.8) is 0 Å². The summed E-state index contributed by atoms with van der Waals surface area (Å²) >= 11 is 0. The fraction of sp³-hybridized carbons (Fsp3) is 0.333. The van der Waals surface area contributed by atoms with E-state index in [1.807, 2.05) is 20.2 Å². The number of amides is 1. The summed E-state index contributed by atoms with van der Waals surface area (Å²) in [7, 11) is 7.11. The number of ketones is 1. The second kappa shape index (κ2) is 9.66. The van der Waals surface area contributed by atoms with E-state index in [1.54, 1.807) is 42.5 Å². The van der Waals surface area contributed by atoms with Gasteiger partial charge in [0.1, 0.15) is 5.76 Å². The lowest BCUT2D eigenvalue weighted by atomic mass is 9.94. The number of benzene rings is 2. The quantitative estimate of drug-likeness (QED) is 0.382. The summed E-state index contributed by atoms with van der Waals surface area (Å²) in [6, 6.07) is 13.3. The Morgan fingerprint density at radius 3 is 2.35 bits per heavy atom. The van der Waals surface area contributed by atoms with Crippen LogP contribution >= 0.6 is 0 Å². The second-order valence-corrected chi connectivity index (χ2v) is 7.75. The van der Waals surface area contributed by atoms with Crippen molar-refractivity contribution in [2.24, 2.45) is 0 Å². The molecule has 0 unspecified atom stereocenters. The van der Waals surface area contributed by atoms with Crippen molar-refractivity contribution in [1.29, 1.82) is 0 Å². The molecule has 7 heteroatoms. The topological polar surface area (TPSA) is 80.5 Å². The smallest absolute Gasteiger partial charge is 0.295 e. The number of Topliss-reactive ketones (excluding diaryl/α,β-unsaturated/α-hetero) is 1. The molecule has 7 nitrogen and oxygen atoms in total. The van der Waals surface area contributed by atoms with Crippen molar-refractivity contribution in [2.75, 3.05) is 41.4 Å². The van der Waals surface area contributed by atoms with Crippen molar-refractivity contribution in [2.45, 2.75) is 12.5 Å². The minimum Gasteiger partial charge on any atom is -0.507 e. The fourth-order valence-electron chi connectivity index (χ4n) is 3.92. The number of methoxy groups -OCH3 is 2. The Morgan fingerprint density at radius 1 is 1.03 bits per heavy atom. The first kappa shape index (κ1) is 22.4. The van der Waals surface area contributed by atoms with Crippen LogP contribution in [0.2, 0.25) is 0 Å². The lowest BCUT2D eigenvalue weighted by Gasteiger charge is -2.27. The average molecular weight is 426 g/mol. The molecule has 0 spiro atoms. The van der Waals surface area contributed by atoms with E-state index >= 15 is 0 Å². The van der Waals surface area contributed by atoms with E-state index in [-0.39, 0.29) is 11.3 Å². The largest absolute Gasteiger partial charge is 0.507 e. The Balaban J connectivity index is 2.18. The molecule has 2 aromatic rings. The zero-order valence-corrected chi connectivity index (χ0v) is 18.3. The Hall–Kier alpha value is -3.32. The number of ether oxygens (including phenoxy) is 2. The highest BCUT2D eigenvalue weighted by atomic mass is 16.5. The van der Waals surface area contributed by atoms with Crippen LogP contribution in [0.25, 0.3) is 5.76 Å². The van der Waals surface area contributed by atoms with Crippen LogP contribution in [0.4, 0.5) is 0 Å². The molecule has 0 aromatic heterocycles. The van der Waals surface area contributed by atoms with Crippen molar-refractivity contribution >= 4 is 17.4 Å². The number of quaternary nitrogens is 1. The number of aliphatic hydroxyl groups excluding tert-OH is 1. The van der Waals surface area contributed by atoms with Gasteiger partial charge < -0.3 is 24.4 Å². The Labute approximate surface area is 182 Å². The number of carbonyl (C=O) groups is 2. The van der Waals surface area contributed by atoms with Crippen molar-refractivity contribution in [3.8, 4) is 11.5 Å². The van der Waals surface area contributed by atoms with Crippen LogP contribution in [-0.4, -0.2) is 63.1 Å². The first-order valence-corrected chi connectivity index (χ1v) is 10.2. The summed E-state index contributed by atoms with van der Waals surface area (Å²) in [5.74, 6) is -0.605. The molecule has 1 saturated heterocycles. The van der Waals surface area contributed by atoms with E-state index in [0.717, 1.165) is 6.54 Å². The number of nitrogens with one attached hydrogen (secondary N) is 1. The van der Waals surface area contributed by atoms with Crippen LogP contribution in [0.15, 0.2) is 54.1 Å². The monoisotopic (exact) mass is 425 g/mol. The van der Waals surface area contributed by atoms with E-state index in [1.165, 1.54) is 24.0 Å². The van der Waals surface area contributed by atoms with Crippen LogP contribution in [-0.2, 0) is 9.59 Å². The number of nitrogens with zero attached hydrogens (tertiary/aromatic N) is 1. The molecule has 0 radical (unpaired) electrons. The predicted octanol–water partition coefficient (Wildman–Crippen LogP) is 1.66. The molecule has 0 aliphatic carbocycles. The van der Waals surface area contributed by atoms with Gasteiger partial charge in [-0.15, -0.1) is 0 Å². The molecule has 1 aliphatic heterocycles. The molecule has 1 aliphatic rings. The number of carbonyl (C=O) groups excluding carboxylic acids is 2. The lowest BCUT2D eigenvalue weighted by molar-refractivity contribution is -0.858. The summed E-state index contributed by atoms with van der Waals surface area (Å²) in [5, 5.41) is 11.1. The van der Waals surface area contributed by atoms with Gasteiger partial charge in [0.05, 0.1) is 46.5 Å². The molecular weight excluding hydrogens is 396 g/mol. The number of aliphatic hydroxyl groups is 1. The number of hydrogen-bond acceptors (Lipinski definition) is 5. The van der Waals surface area contributed by atoms with Gasteiger partial charge in [-0.1, -0.05) is 42.5 Å². The van der Waals surface area contributed by atoms with E-state index in [2.05, 4.69) is 0 Å². The maximum Gasteiger partial charge on any atom is 0.295 e. The van der Waals surface area contributed by atoms with Gasteiger partial charge in [-0.2, -0.15) is 0 Å². The van der Waals surface area contributed by atoms with Crippen LogP contribution < -0.4 is 14.4 Å². The minimum absolute atomic E-state index is 0.0555. The average Bonchev–Trinajstić information content (AvgIpc) is 3.03. The SMILES string of the molecule is COc1cccc([C@@H]2C(=C(O)c3ccccc3)C(=O)C(=O)N2CCC[NH+](C)C)c1OC. The van der Waals surface area contributed by atoms with Crippen LogP contribution in [0.5, 0.6) is 11.5 Å². The summed E-state index contributed by atoms with van der Waals surface area (Å²) < 4.78 is 11.0. The first-order valence-electron chi connectivity index (χ1n) is 10.2. The molecule has 1 amide bonds. The van der Waals surface area contributed by atoms with Crippen LogP contribution in [0.1, 0.15) is 23.6 Å². The number of hydrogen-bond donors (Lipinski definition) is 2. The van der Waals surface area contributed by atoms with Crippen molar-refractivity contribution in [3.05, 3.63) is 65.2 Å². The normalized spacial score (nSPS) is 18.0. The zero-order chi connectivity index (χ0) is 22.5. The van der Waals surface area contributed by atoms with Gasteiger partial charge in [-0.05, 0) is 6.07 Å².